The molecule has 0 spiro atoms. The number of benzene rings is 1. The lowest BCUT2D eigenvalue weighted by Gasteiger charge is -2.03. The van der Waals surface area contributed by atoms with E-state index in [1.165, 1.54) is 13.0 Å². The number of carbonyl (C=O) groups excluding carboxylic acids is 2. The van der Waals surface area contributed by atoms with E-state index in [2.05, 4.69) is 0 Å². The van der Waals surface area contributed by atoms with Gasteiger partial charge in [0.05, 0.1) is 0 Å². The maximum Gasteiger partial charge on any atom is 0.187 e. The van der Waals surface area contributed by atoms with Crippen LogP contribution in [0.25, 0.3) is 0 Å². The smallest absolute Gasteiger partial charge is 0.187 e. The van der Waals surface area contributed by atoms with Gasteiger partial charge in [-0.05, 0) is 6.92 Å². The molecular weight excluding hydrogens is 202 g/mol. The first kappa shape index (κ1) is 12.2. The highest BCUT2D eigenvalue weighted by atomic mass is 16.1. The lowest BCUT2D eigenvalue weighted by atomic mass is 10.1. The largest absolute Gasteiger partial charge is 0.383 e. The second-order valence-electron chi connectivity index (χ2n) is 3.78. The van der Waals surface area contributed by atoms with Crippen LogP contribution in [0.4, 0.5) is 0 Å². The third-order valence-corrected chi connectivity index (χ3v) is 2.10. The van der Waals surface area contributed by atoms with Crippen molar-refractivity contribution >= 4 is 11.6 Å². The summed E-state index contributed by atoms with van der Waals surface area (Å²) in [4.78, 5) is 24.5. The Morgan fingerprint density at radius 1 is 1.06 bits per heavy atom. The average molecular weight is 217 g/mol. The number of carbonyl (C=O) groups is 2. The second-order valence-corrected chi connectivity index (χ2v) is 3.78. The van der Waals surface area contributed by atoms with Gasteiger partial charge < -0.3 is 4.90 Å². The molecule has 3 heteroatoms. The monoisotopic (exact) mass is 217 g/mol. The number of hydrogen-bond donors (Lipinski definition) is 0. The molecule has 0 N–H and O–H groups in total. The SMILES string of the molecule is CC(=O)c1ccc(C(=O)C=CN(C)C)cc1. The number of allylic oxidation sites excluding steroid dienone is 1. The predicted octanol–water partition coefficient (Wildman–Crippen LogP) is 2.15. The summed E-state index contributed by atoms with van der Waals surface area (Å²) in [5.41, 5.74) is 1.20. The highest BCUT2D eigenvalue weighted by molar-refractivity contribution is 6.05. The highest BCUT2D eigenvalue weighted by Crippen LogP contribution is 2.06. The van der Waals surface area contributed by atoms with E-state index in [1.54, 1.807) is 35.4 Å². The predicted molar refractivity (Wildman–Crippen MR) is 63.6 cm³/mol. The summed E-state index contributed by atoms with van der Waals surface area (Å²) in [7, 11) is 3.70. The molecule has 16 heavy (non-hydrogen) atoms. The molecular formula is C13H15NO2. The van der Waals surface area contributed by atoms with Gasteiger partial charge in [-0.3, -0.25) is 9.59 Å². The fourth-order valence-corrected chi connectivity index (χ4v) is 1.18. The molecule has 0 radical (unpaired) electrons. The Morgan fingerprint density at radius 2 is 1.56 bits per heavy atom. The Labute approximate surface area is 95.4 Å². The summed E-state index contributed by atoms with van der Waals surface area (Å²) in [5.74, 6) is -0.0633. The van der Waals surface area contributed by atoms with Gasteiger partial charge in [0.15, 0.2) is 11.6 Å². The van der Waals surface area contributed by atoms with Crippen LogP contribution in [0, 0.1) is 0 Å². The van der Waals surface area contributed by atoms with E-state index >= 15 is 0 Å². The van der Waals surface area contributed by atoms with Gasteiger partial charge >= 0.3 is 0 Å². The molecule has 0 aliphatic rings. The van der Waals surface area contributed by atoms with Gasteiger partial charge in [0.1, 0.15) is 0 Å². The minimum absolute atomic E-state index is 0.00262. The van der Waals surface area contributed by atoms with Gasteiger partial charge in [0.25, 0.3) is 0 Å². The molecule has 0 atom stereocenters. The van der Waals surface area contributed by atoms with Gasteiger partial charge in [0, 0.05) is 37.5 Å². The van der Waals surface area contributed by atoms with Gasteiger partial charge in [-0.15, -0.1) is 0 Å². The second kappa shape index (κ2) is 5.26. The first-order chi connectivity index (χ1) is 7.50. The summed E-state index contributed by atoms with van der Waals surface area (Å²) >= 11 is 0. The standard InChI is InChI=1S/C13H15NO2/c1-10(15)11-4-6-12(7-5-11)13(16)8-9-14(2)3/h4-9H,1-3H3. The van der Waals surface area contributed by atoms with Crippen molar-refractivity contribution in [2.75, 3.05) is 14.1 Å². The molecule has 84 valence electrons. The molecule has 0 aliphatic heterocycles. The zero-order valence-electron chi connectivity index (χ0n) is 9.73. The van der Waals surface area contributed by atoms with Gasteiger partial charge in [0.2, 0.25) is 0 Å². The molecule has 0 amide bonds. The molecule has 0 unspecified atom stereocenters. The minimum Gasteiger partial charge on any atom is -0.383 e. The Morgan fingerprint density at radius 3 is 2.00 bits per heavy atom. The van der Waals surface area contributed by atoms with Gasteiger partial charge in [-0.25, -0.2) is 0 Å². The van der Waals surface area contributed by atoms with Crippen LogP contribution in [-0.2, 0) is 0 Å². The maximum absolute atomic E-state index is 11.6. The van der Waals surface area contributed by atoms with Crippen LogP contribution in [0.15, 0.2) is 36.5 Å². The van der Waals surface area contributed by atoms with Crippen molar-refractivity contribution in [1.82, 2.24) is 4.90 Å². The van der Waals surface area contributed by atoms with E-state index in [9.17, 15) is 9.59 Å². The average Bonchev–Trinajstić information content (AvgIpc) is 2.26. The number of hydrogen-bond acceptors (Lipinski definition) is 3. The summed E-state index contributed by atoms with van der Waals surface area (Å²) in [6.07, 6.45) is 3.20. The Kier molecular flexibility index (Phi) is 4.00. The van der Waals surface area contributed by atoms with Crippen LogP contribution in [-0.4, -0.2) is 30.6 Å². The van der Waals surface area contributed by atoms with Gasteiger partial charge in [-0.2, -0.15) is 0 Å². The van der Waals surface area contributed by atoms with E-state index in [0.29, 0.717) is 11.1 Å². The van der Waals surface area contributed by atoms with Crippen molar-refractivity contribution in [2.24, 2.45) is 0 Å². The van der Waals surface area contributed by atoms with Crippen molar-refractivity contribution in [3.05, 3.63) is 47.7 Å². The van der Waals surface area contributed by atoms with Crippen LogP contribution in [0.3, 0.4) is 0 Å². The molecule has 1 aromatic rings. The lowest BCUT2D eigenvalue weighted by molar-refractivity contribution is 0.101. The molecule has 0 saturated heterocycles. The molecule has 0 aromatic heterocycles. The fraction of sp³-hybridized carbons (Fsp3) is 0.231. The van der Waals surface area contributed by atoms with Crippen molar-refractivity contribution < 1.29 is 9.59 Å². The minimum atomic E-state index is -0.0659. The summed E-state index contributed by atoms with van der Waals surface area (Å²) in [6, 6.07) is 6.66. The van der Waals surface area contributed by atoms with Gasteiger partial charge in [-0.1, -0.05) is 24.3 Å². The topological polar surface area (TPSA) is 37.4 Å². The summed E-state index contributed by atoms with van der Waals surface area (Å²) < 4.78 is 0. The normalized spacial score (nSPS) is 10.4. The highest BCUT2D eigenvalue weighted by Gasteiger charge is 2.03. The number of nitrogens with zero attached hydrogens (tertiary/aromatic N) is 1. The van der Waals surface area contributed by atoms with Crippen LogP contribution in [0.1, 0.15) is 27.6 Å². The Hall–Kier alpha value is -1.90. The lowest BCUT2D eigenvalue weighted by Crippen LogP contribution is -2.03. The van der Waals surface area contributed by atoms with E-state index in [4.69, 9.17) is 0 Å². The van der Waals surface area contributed by atoms with Crippen LogP contribution in [0.5, 0.6) is 0 Å². The molecule has 0 bridgehead atoms. The van der Waals surface area contributed by atoms with Crippen LogP contribution in [0.2, 0.25) is 0 Å². The molecule has 1 aromatic carbocycles. The van der Waals surface area contributed by atoms with Crippen molar-refractivity contribution in [3.63, 3.8) is 0 Å². The third-order valence-electron chi connectivity index (χ3n) is 2.10. The van der Waals surface area contributed by atoms with E-state index in [0.717, 1.165) is 0 Å². The molecule has 3 nitrogen and oxygen atoms in total. The molecule has 0 fully saturated rings. The van der Waals surface area contributed by atoms with Crippen molar-refractivity contribution in [3.8, 4) is 0 Å². The zero-order valence-corrected chi connectivity index (χ0v) is 9.73. The van der Waals surface area contributed by atoms with Crippen LogP contribution >= 0.6 is 0 Å². The van der Waals surface area contributed by atoms with E-state index < -0.39 is 0 Å². The fourth-order valence-electron chi connectivity index (χ4n) is 1.18. The zero-order chi connectivity index (χ0) is 12.1. The Balaban J connectivity index is 2.82. The first-order valence-electron chi connectivity index (χ1n) is 5.00. The van der Waals surface area contributed by atoms with Crippen LogP contribution < -0.4 is 0 Å². The Bertz CT molecular complexity index is 416. The molecule has 0 saturated carbocycles. The van der Waals surface area contributed by atoms with Crippen molar-refractivity contribution in [1.29, 1.82) is 0 Å². The molecule has 0 aliphatic carbocycles. The molecule has 0 heterocycles. The number of Topliss-reactive ketones (excluding diaryl/α,β-unsaturated/α-hetero) is 1. The van der Waals surface area contributed by atoms with E-state index in [1.807, 2.05) is 14.1 Å². The third kappa shape index (κ3) is 3.35. The van der Waals surface area contributed by atoms with Crippen molar-refractivity contribution in [2.45, 2.75) is 6.92 Å². The quantitative estimate of drug-likeness (QED) is 0.573. The summed E-state index contributed by atoms with van der Waals surface area (Å²) in [6.45, 7) is 1.50. The number of ketones is 2. The summed E-state index contributed by atoms with van der Waals surface area (Å²) in [5, 5.41) is 0. The maximum atomic E-state index is 11.6. The van der Waals surface area contributed by atoms with E-state index in [-0.39, 0.29) is 11.6 Å². The number of rotatable bonds is 4. The molecule has 1 rings (SSSR count). The first-order valence-corrected chi connectivity index (χ1v) is 5.00.